The summed E-state index contributed by atoms with van der Waals surface area (Å²) < 4.78 is 0. The van der Waals surface area contributed by atoms with Crippen molar-refractivity contribution in [3.05, 3.63) is 24.3 Å². The number of rotatable bonds is 91. The molecule has 14 atom stereocenters. The highest BCUT2D eigenvalue weighted by Crippen LogP contribution is 2.52. The highest BCUT2D eigenvalue weighted by Gasteiger charge is 2.46. The zero-order valence-corrected chi connectivity index (χ0v) is 97.2. The standard InChI is InChI=1S/C80H145N3O5.C50H87N3O5/c1-7-12-17-22-31-42-53-72-68(49-38-19-14-9-3)57-58-69(50-39-20-15-10-4)74(72)55-44-33-25-28-35-46-63-81(67(6)84)76-66-79(87)83(80(76)88)65-48-37-29-26-34-45-56-75-71(52-41-30-24-27-36-47-64-82-77(85)61-62-78(82)86)60-59-70(51-40-21-16-11-5)73(75)54-43-32-23-18-13-8-2;1-5-8-11-13-19-25-31-44-42(29-23-12-9-6-2)33-34-43(30-24-18-14-16-21-27-38-52-47(55)35-36-48(52)56)45(44)32-26-20-15-17-22-28-39-53-49(57)40-46(50(53)58)51(41(4)54)37-10-7-3/h61-62,68-76H,7-60,63-66H2,1-6H3;35-36,42-46H,5-34,37-40H2,1-4H3. The van der Waals surface area contributed by atoms with E-state index < -0.39 is 12.1 Å². The third-order valence-electron chi connectivity index (χ3n) is 36.9. The molecule has 842 valence electrons. The van der Waals surface area contributed by atoms with Gasteiger partial charge in [-0.2, -0.15) is 0 Å². The molecule has 3 aliphatic carbocycles. The Morgan fingerprint density at radius 2 is 0.377 bits per heavy atom. The van der Waals surface area contributed by atoms with Crippen LogP contribution in [-0.4, -0.2) is 140 Å². The Balaban J connectivity index is 0.000000486. The summed E-state index contributed by atoms with van der Waals surface area (Å²) >= 11 is 0. The maximum Gasteiger partial charge on any atom is 0.253 e. The summed E-state index contributed by atoms with van der Waals surface area (Å²) in [6.07, 6.45) is 115. The van der Waals surface area contributed by atoms with Crippen LogP contribution in [0, 0.1) is 71.0 Å². The van der Waals surface area contributed by atoms with E-state index in [9.17, 15) is 47.9 Å². The first kappa shape index (κ1) is 130. The maximum atomic E-state index is 13.9. The van der Waals surface area contributed by atoms with Gasteiger partial charge in [0.2, 0.25) is 23.6 Å². The Morgan fingerprint density at radius 1 is 0.212 bits per heavy atom. The lowest BCUT2D eigenvalue weighted by molar-refractivity contribution is -0.144. The molecule has 10 amide bonds. The van der Waals surface area contributed by atoms with Gasteiger partial charge in [-0.1, -0.05) is 479 Å². The number of likely N-dealkylation sites (tertiary alicyclic amines) is 2. The van der Waals surface area contributed by atoms with Crippen molar-refractivity contribution in [1.29, 1.82) is 0 Å². The molecular weight excluding hydrogens is 1810 g/mol. The second-order valence-corrected chi connectivity index (χ2v) is 48.2. The maximum absolute atomic E-state index is 13.9. The van der Waals surface area contributed by atoms with Gasteiger partial charge in [-0.05, 0) is 187 Å². The summed E-state index contributed by atoms with van der Waals surface area (Å²) in [6, 6.07) is -1.24. The van der Waals surface area contributed by atoms with E-state index in [2.05, 4.69) is 55.4 Å². The number of hydrogen-bond donors (Lipinski definition) is 0. The predicted molar refractivity (Wildman–Crippen MR) is 612 cm³/mol. The van der Waals surface area contributed by atoms with E-state index in [0.717, 1.165) is 161 Å². The van der Waals surface area contributed by atoms with E-state index in [1.807, 2.05) is 0 Å². The Labute approximate surface area is 899 Å². The average Bonchev–Trinajstić information content (AvgIpc) is 1.46. The van der Waals surface area contributed by atoms with Crippen LogP contribution in [0.4, 0.5) is 0 Å². The van der Waals surface area contributed by atoms with Crippen LogP contribution in [0.2, 0.25) is 0 Å². The molecule has 5 fully saturated rings. The molecule has 7 aliphatic rings. The molecule has 0 aromatic heterocycles. The van der Waals surface area contributed by atoms with Gasteiger partial charge in [0, 0.05) is 77.4 Å². The van der Waals surface area contributed by atoms with E-state index >= 15 is 0 Å². The second-order valence-electron chi connectivity index (χ2n) is 48.2. The molecule has 0 bridgehead atoms. The van der Waals surface area contributed by atoms with Crippen LogP contribution < -0.4 is 0 Å². The van der Waals surface area contributed by atoms with E-state index in [4.69, 9.17) is 0 Å². The molecule has 0 radical (unpaired) electrons. The molecule has 146 heavy (non-hydrogen) atoms. The zero-order chi connectivity index (χ0) is 105. The monoisotopic (exact) mass is 2040 g/mol. The van der Waals surface area contributed by atoms with Gasteiger partial charge < -0.3 is 9.80 Å². The van der Waals surface area contributed by atoms with Gasteiger partial charge >= 0.3 is 0 Å². The normalized spacial score (nSPS) is 22.8. The molecule has 4 heterocycles. The van der Waals surface area contributed by atoms with E-state index in [1.165, 1.54) is 500 Å². The van der Waals surface area contributed by atoms with Crippen molar-refractivity contribution >= 4 is 59.1 Å². The van der Waals surface area contributed by atoms with Gasteiger partial charge in [0.1, 0.15) is 12.1 Å². The molecule has 3 saturated carbocycles. The SMILES string of the molecule is CCCCCCCCC1C(CCCCCC)CCC(CCCCCC)C1CCCCCCCCN(C(C)=O)C1CC(=O)N(CCCCCCCCC2C(CCCCCCCCN3C(=O)C=CC3=O)CCC(CCCCCC)C2CCCCCCCC)C1=O.CCCCCCCCC1C(CCCCCC)CCC(CCCCCCCCN2C(=O)C=CC2=O)C1CCCCCCCCN1C(=O)CC(N(CCCC)C(C)=O)C1=O. The first-order valence-electron chi connectivity index (χ1n) is 64.6. The van der Waals surface area contributed by atoms with Crippen LogP contribution in [0.5, 0.6) is 0 Å². The quantitative estimate of drug-likeness (QED) is 0.0418. The molecule has 16 nitrogen and oxygen atoms in total. The average molecular weight is 2040 g/mol. The fraction of sp³-hybridized carbons (Fsp3) is 0.892. The number of unbranched alkanes of at least 4 members (excludes halogenated alkanes) is 53. The lowest BCUT2D eigenvalue weighted by Gasteiger charge is -2.44. The molecule has 0 spiro atoms. The number of hydrogen-bond acceptors (Lipinski definition) is 10. The predicted octanol–water partition coefficient (Wildman–Crippen LogP) is 35.1. The van der Waals surface area contributed by atoms with Crippen LogP contribution in [0.3, 0.4) is 0 Å². The topological polar surface area (TPSA) is 190 Å². The largest absolute Gasteiger partial charge is 0.330 e. The van der Waals surface area contributed by atoms with Gasteiger partial charge in [0.25, 0.3) is 35.4 Å². The van der Waals surface area contributed by atoms with Crippen molar-refractivity contribution in [2.24, 2.45) is 71.0 Å². The fourth-order valence-electron chi connectivity index (χ4n) is 28.2. The van der Waals surface area contributed by atoms with Gasteiger partial charge in [-0.3, -0.25) is 67.5 Å². The summed E-state index contributed by atoms with van der Waals surface area (Å²) in [5, 5.41) is 0. The molecule has 2 saturated heterocycles. The molecule has 16 heteroatoms. The van der Waals surface area contributed by atoms with Crippen molar-refractivity contribution in [2.45, 2.75) is 634 Å². The van der Waals surface area contributed by atoms with Crippen LogP contribution >= 0.6 is 0 Å². The van der Waals surface area contributed by atoms with Crippen LogP contribution in [0.25, 0.3) is 0 Å². The van der Waals surface area contributed by atoms with Gasteiger partial charge in [0.05, 0.1) is 12.8 Å². The molecule has 0 aromatic carbocycles. The summed E-state index contributed by atoms with van der Waals surface area (Å²) in [4.78, 5) is 135. The molecular formula is C130H232N6O10. The third kappa shape index (κ3) is 51.4. The Hall–Kier alpha value is -5.02. The Bertz CT molecular complexity index is 3460. The van der Waals surface area contributed by atoms with Crippen LogP contribution in [0.15, 0.2) is 24.3 Å². The molecule has 0 aromatic rings. The fourth-order valence-corrected chi connectivity index (χ4v) is 28.2. The van der Waals surface area contributed by atoms with Crippen molar-refractivity contribution in [1.82, 2.24) is 29.4 Å². The summed E-state index contributed by atoms with van der Waals surface area (Å²) in [7, 11) is 0. The number of carbonyl (C=O) groups is 10. The highest BCUT2D eigenvalue weighted by molar-refractivity contribution is 6.13. The summed E-state index contributed by atoms with van der Waals surface area (Å²) in [5.41, 5.74) is 0. The van der Waals surface area contributed by atoms with Crippen LogP contribution in [0.1, 0.15) is 621 Å². The number of amides is 10. The molecule has 0 N–H and O–H groups in total. The number of carbonyl (C=O) groups excluding carboxylic acids is 10. The summed E-state index contributed by atoms with van der Waals surface area (Å²) in [6.45, 7) is 24.7. The second kappa shape index (κ2) is 82.5. The zero-order valence-electron chi connectivity index (χ0n) is 97.2. The lowest BCUT2D eigenvalue weighted by atomic mass is 9.61. The van der Waals surface area contributed by atoms with Gasteiger partial charge in [-0.15, -0.1) is 0 Å². The number of imide groups is 4. The minimum Gasteiger partial charge on any atom is -0.330 e. The Kier molecular flexibility index (Phi) is 73.3. The minimum absolute atomic E-state index is 0.0746. The minimum atomic E-state index is -0.629. The highest BCUT2D eigenvalue weighted by atomic mass is 16.2. The smallest absolute Gasteiger partial charge is 0.253 e. The van der Waals surface area contributed by atoms with E-state index in [0.29, 0.717) is 39.3 Å². The first-order chi connectivity index (χ1) is 71.3. The van der Waals surface area contributed by atoms with Crippen molar-refractivity contribution < 1.29 is 47.9 Å². The van der Waals surface area contributed by atoms with Crippen molar-refractivity contribution in [2.75, 3.05) is 39.3 Å². The summed E-state index contributed by atoms with van der Waals surface area (Å²) in [5.74, 6) is 9.37. The molecule has 4 aliphatic heterocycles. The van der Waals surface area contributed by atoms with E-state index in [-0.39, 0.29) is 71.9 Å². The first-order valence-corrected chi connectivity index (χ1v) is 64.6. The third-order valence-corrected chi connectivity index (χ3v) is 36.9. The van der Waals surface area contributed by atoms with E-state index in [1.54, 1.807) is 16.7 Å². The van der Waals surface area contributed by atoms with Crippen LogP contribution in [-0.2, 0) is 47.9 Å². The van der Waals surface area contributed by atoms with Crippen molar-refractivity contribution in [3.8, 4) is 0 Å². The van der Waals surface area contributed by atoms with Gasteiger partial charge in [0.15, 0.2) is 0 Å². The lowest BCUT2D eigenvalue weighted by Crippen LogP contribution is -2.45. The Morgan fingerprint density at radius 3 is 0.582 bits per heavy atom. The van der Waals surface area contributed by atoms with Crippen molar-refractivity contribution in [3.63, 3.8) is 0 Å². The molecule has 7 rings (SSSR count). The molecule has 14 unspecified atom stereocenters. The number of nitrogens with zero attached hydrogens (tertiary/aromatic N) is 6. The van der Waals surface area contributed by atoms with Gasteiger partial charge in [-0.25, -0.2) is 0 Å².